The van der Waals surface area contributed by atoms with Crippen LogP contribution in [0.15, 0.2) is 42.5 Å². The number of benzene rings is 1. The number of carboxylic acid groups (broad SMARTS) is 1. The normalized spacial score (nSPS) is 17.0. The van der Waals surface area contributed by atoms with Crippen LogP contribution < -0.4 is 5.32 Å². The number of carbonyl (C=O) groups is 2. The Morgan fingerprint density at radius 1 is 1.22 bits per heavy atom. The Morgan fingerprint density at radius 3 is 2.57 bits per heavy atom. The molecule has 0 bridgehead atoms. The van der Waals surface area contributed by atoms with Crippen molar-refractivity contribution in [2.24, 2.45) is 5.41 Å². The van der Waals surface area contributed by atoms with Gasteiger partial charge in [-0.25, -0.2) is 0 Å². The predicted molar refractivity (Wildman–Crippen MR) is 83.0 cm³/mol. The summed E-state index contributed by atoms with van der Waals surface area (Å²) in [6, 6.07) is 9.74. The lowest BCUT2D eigenvalue weighted by molar-refractivity contribution is -0.139. The summed E-state index contributed by atoms with van der Waals surface area (Å²) in [5.74, 6) is -0.973. The van der Waals surface area contributed by atoms with Crippen LogP contribution in [0.2, 0.25) is 0 Å². The van der Waals surface area contributed by atoms with E-state index in [2.05, 4.69) is 5.32 Å². The van der Waals surface area contributed by atoms with Gasteiger partial charge >= 0.3 is 5.97 Å². The van der Waals surface area contributed by atoms with Crippen molar-refractivity contribution in [3.8, 4) is 0 Å². The molecule has 0 radical (unpaired) electrons. The first-order valence-electron chi connectivity index (χ1n) is 7.42. The van der Waals surface area contributed by atoms with Crippen LogP contribution in [0.25, 0.3) is 0 Å². The van der Waals surface area contributed by atoms with E-state index < -0.39 is 17.7 Å². The number of carboxylic acids is 1. The van der Waals surface area contributed by atoms with Crippen LogP contribution in [0, 0.1) is 5.41 Å². The molecule has 0 unspecified atom stereocenters. The Labute approximate surface area is 135 Å². The van der Waals surface area contributed by atoms with Gasteiger partial charge in [-0.05, 0) is 11.0 Å². The minimum Gasteiger partial charge on any atom is -0.481 e. The minimum atomic E-state index is -0.926. The van der Waals surface area contributed by atoms with Crippen molar-refractivity contribution in [2.45, 2.75) is 39.4 Å². The SMILES string of the molecule is CC(C)(CC(=O)O)CC(=O)NC1=CO[C@H](Cc2ccccc2)O1. The third kappa shape index (κ3) is 5.65. The summed E-state index contributed by atoms with van der Waals surface area (Å²) in [5, 5.41) is 11.4. The Kier molecular flexibility index (Phi) is 5.26. The second kappa shape index (κ2) is 7.17. The molecule has 0 aromatic heterocycles. The molecular formula is C17H21NO5. The number of ether oxygens (including phenoxy) is 2. The second-order valence-electron chi connectivity index (χ2n) is 6.31. The van der Waals surface area contributed by atoms with Gasteiger partial charge in [0.25, 0.3) is 0 Å². The summed E-state index contributed by atoms with van der Waals surface area (Å²) in [5.41, 5.74) is 0.445. The zero-order valence-corrected chi connectivity index (χ0v) is 13.2. The standard InChI is InChI=1S/C17H21NO5/c1-17(2,10-15(20)21)9-13(19)18-14-11-22-16(23-14)8-12-6-4-3-5-7-12/h3-7,11,16H,8-10H2,1-2H3,(H,18,19)(H,20,21)/t16-/m0/s1. The van der Waals surface area contributed by atoms with E-state index in [0.717, 1.165) is 5.56 Å². The highest BCUT2D eigenvalue weighted by Crippen LogP contribution is 2.25. The fourth-order valence-corrected chi connectivity index (χ4v) is 2.38. The van der Waals surface area contributed by atoms with Gasteiger partial charge in [-0.2, -0.15) is 0 Å². The number of aliphatic carboxylic acids is 1. The molecule has 0 saturated heterocycles. The van der Waals surface area contributed by atoms with Crippen molar-refractivity contribution in [1.29, 1.82) is 0 Å². The van der Waals surface area contributed by atoms with E-state index in [1.807, 2.05) is 30.3 Å². The summed E-state index contributed by atoms with van der Waals surface area (Å²) < 4.78 is 10.9. The summed E-state index contributed by atoms with van der Waals surface area (Å²) in [6.45, 7) is 3.47. The van der Waals surface area contributed by atoms with Gasteiger partial charge in [0.1, 0.15) is 6.26 Å². The molecule has 0 spiro atoms. The minimum absolute atomic E-state index is 0.0759. The van der Waals surface area contributed by atoms with Crippen LogP contribution >= 0.6 is 0 Å². The molecule has 1 aromatic rings. The fraction of sp³-hybridized carbons (Fsp3) is 0.412. The van der Waals surface area contributed by atoms with Crippen molar-refractivity contribution in [1.82, 2.24) is 5.32 Å². The Balaban J connectivity index is 1.78. The van der Waals surface area contributed by atoms with Gasteiger partial charge < -0.3 is 14.6 Å². The molecule has 0 aliphatic carbocycles. The molecule has 6 heteroatoms. The molecule has 0 saturated carbocycles. The first kappa shape index (κ1) is 16.9. The van der Waals surface area contributed by atoms with Gasteiger partial charge in [-0.1, -0.05) is 44.2 Å². The van der Waals surface area contributed by atoms with Gasteiger partial charge in [0.15, 0.2) is 0 Å². The topological polar surface area (TPSA) is 84.9 Å². The maximum atomic E-state index is 12.0. The van der Waals surface area contributed by atoms with E-state index in [1.165, 1.54) is 6.26 Å². The second-order valence-corrected chi connectivity index (χ2v) is 6.31. The van der Waals surface area contributed by atoms with Crippen LogP contribution in [0.4, 0.5) is 0 Å². The molecule has 1 amide bonds. The van der Waals surface area contributed by atoms with Gasteiger partial charge in [0.2, 0.25) is 18.1 Å². The first-order valence-corrected chi connectivity index (χ1v) is 7.42. The average molecular weight is 319 g/mol. The quantitative estimate of drug-likeness (QED) is 0.806. The molecule has 23 heavy (non-hydrogen) atoms. The summed E-state index contributed by atoms with van der Waals surface area (Å²) >= 11 is 0. The zero-order valence-electron chi connectivity index (χ0n) is 13.2. The largest absolute Gasteiger partial charge is 0.481 e. The summed E-state index contributed by atoms with van der Waals surface area (Å²) in [4.78, 5) is 22.8. The summed E-state index contributed by atoms with van der Waals surface area (Å²) in [6.07, 6.45) is 1.48. The number of amides is 1. The van der Waals surface area contributed by atoms with E-state index >= 15 is 0 Å². The van der Waals surface area contributed by atoms with E-state index in [-0.39, 0.29) is 24.6 Å². The third-order valence-corrected chi connectivity index (χ3v) is 3.36. The van der Waals surface area contributed by atoms with Crippen LogP contribution in [0.5, 0.6) is 0 Å². The molecule has 124 valence electrons. The number of hydrogen-bond donors (Lipinski definition) is 2. The van der Waals surface area contributed by atoms with Gasteiger partial charge in [-0.15, -0.1) is 0 Å². The summed E-state index contributed by atoms with van der Waals surface area (Å²) in [7, 11) is 0. The monoisotopic (exact) mass is 319 g/mol. The van der Waals surface area contributed by atoms with Gasteiger partial charge in [-0.3, -0.25) is 14.9 Å². The molecule has 1 heterocycles. The molecule has 0 fully saturated rings. The molecule has 1 atom stereocenters. The van der Waals surface area contributed by atoms with E-state index in [1.54, 1.807) is 13.8 Å². The number of nitrogens with one attached hydrogen (secondary N) is 1. The highest BCUT2D eigenvalue weighted by atomic mass is 16.7. The first-order chi connectivity index (χ1) is 10.8. The van der Waals surface area contributed by atoms with Crippen molar-refractivity contribution in [3.05, 3.63) is 48.0 Å². The molecular weight excluding hydrogens is 298 g/mol. The molecule has 1 aliphatic rings. The maximum Gasteiger partial charge on any atom is 0.303 e. The van der Waals surface area contributed by atoms with Crippen molar-refractivity contribution in [3.63, 3.8) is 0 Å². The highest BCUT2D eigenvalue weighted by Gasteiger charge is 2.27. The van der Waals surface area contributed by atoms with Crippen LogP contribution in [-0.4, -0.2) is 23.3 Å². The van der Waals surface area contributed by atoms with Crippen LogP contribution in [0.1, 0.15) is 32.3 Å². The molecule has 1 aliphatic heterocycles. The van der Waals surface area contributed by atoms with Gasteiger partial charge in [0, 0.05) is 12.8 Å². The van der Waals surface area contributed by atoms with E-state index in [4.69, 9.17) is 14.6 Å². The fourth-order valence-electron chi connectivity index (χ4n) is 2.38. The van der Waals surface area contributed by atoms with Crippen LogP contribution in [0.3, 0.4) is 0 Å². The number of hydrogen-bond acceptors (Lipinski definition) is 4. The lowest BCUT2D eigenvalue weighted by Gasteiger charge is -2.21. The van der Waals surface area contributed by atoms with Crippen molar-refractivity contribution in [2.75, 3.05) is 0 Å². The van der Waals surface area contributed by atoms with Crippen molar-refractivity contribution >= 4 is 11.9 Å². The zero-order chi connectivity index (χ0) is 16.9. The van der Waals surface area contributed by atoms with Crippen LogP contribution in [-0.2, 0) is 25.5 Å². The lowest BCUT2D eigenvalue weighted by Crippen LogP contribution is -2.30. The number of carbonyl (C=O) groups excluding carboxylic acids is 1. The molecule has 2 rings (SSSR count). The smallest absolute Gasteiger partial charge is 0.303 e. The predicted octanol–water partition coefficient (Wildman–Crippen LogP) is 2.41. The van der Waals surface area contributed by atoms with E-state index in [9.17, 15) is 9.59 Å². The van der Waals surface area contributed by atoms with Crippen molar-refractivity contribution < 1.29 is 24.2 Å². The molecule has 1 aromatic carbocycles. The Hall–Kier alpha value is -2.50. The Bertz CT molecular complexity index is 594. The molecule has 2 N–H and O–H groups in total. The third-order valence-electron chi connectivity index (χ3n) is 3.36. The molecule has 6 nitrogen and oxygen atoms in total. The van der Waals surface area contributed by atoms with Gasteiger partial charge in [0.05, 0.1) is 6.42 Å². The number of rotatable bonds is 7. The maximum absolute atomic E-state index is 12.0. The lowest BCUT2D eigenvalue weighted by atomic mass is 9.85. The average Bonchev–Trinajstić information content (AvgIpc) is 2.84. The Morgan fingerprint density at radius 2 is 1.91 bits per heavy atom. The highest BCUT2D eigenvalue weighted by molar-refractivity contribution is 5.79. The van der Waals surface area contributed by atoms with E-state index in [0.29, 0.717) is 6.42 Å².